The van der Waals surface area contributed by atoms with E-state index in [2.05, 4.69) is 30.3 Å². The molecule has 6 N–H and O–H groups in total. The molecule has 8 nitrogen and oxygen atoms in total. The highest BCUT2D eigenvalue weighted by Crippen LogP contribution is 2.41. The van der Waals surface area contributed by atoms with E-state index in [1.165, 1.54) is 17.3 Å². The lowest BCUT2D eigenvalue weighted by atomic mass is 9.80. The number of ether oxygens (including phenoxy) is 1. The van der Waals surface area contributed by atoms with E-state index in [0.29, 0.717) is 18.8 Å². The zero-order valence-corrected chi connectivity index (χ0v) is 20.8. The molecular formula is C22H35N3O5S2. The second-order valence-corrected chi connectivity index (χ2v) is 10.1. The van der Waals surface area contributed by atoms with Crippen molar-refractivity contribution in [3.63, 3.8) is 0 Å². The smallest absolute Gasteiger partial charge is 0.294 e. The SMILES string of the molecule is CS/C(SCCN(C)CCC1(C)COc2ccc(CN)cc21)=C(/C)NC(=O)C(=O)CO.O. The van der Waals surface area contributed by atoms with Gasteiger partial charge in [-0.05, 0) is 44.8 Å². The van der Waals surface area contributed by atoms with Gasteiger partial charge in [0.25, 0.3) is 5.91 Å². The van der Waals surface area contributed by atoms with E-state index in [1.54, 1.807) is 18.7 Å². The van der Waals surface area contributed by atoms with Crippen molar-refractivity contribution in [1.29, 1.82) is 0 Å². The fourth-order valence-electron chi connectivity index (χ4n) is 3.35. The Labute approximate surface area is 198 Å². The first kappa shape index (κ1) is 28.5. The largest absolute Gasteiger partial charge is 0.492 e. The first-order chi connectivity index (χ1) is 14.7. The third-order valence-corrected chi connectivity index (χ3v) is 7.90. The molecule has 1 aromatic carbocycles. The van der Waals surface area contributed by atoms with Gasteiger partial charge < -0.3 is 31.3 Å². The van der Waals surface area contributed by atoms with Gasteiger partial charge in [0.1, 0.15) is 12.4 Å². The van der Waals surface area contributed by atoms with E-state index in [-0.39, 0.29) is 10.9 Å². The lowest BCUT2D eigenvalue weighted by Crippen LogP contribution is -2.32. The fourth-order valence-corrected chi connectivity index (χ4v) is 5.28. The Balaban J connectivity index is 0.00000512. The van der Waals surface area contributed by atoms with Crippen LogP contribution in [0.25, 0.3) is 0 Å². The summed E-state index contributed by atoms with van der Waals surface area (Å²) in [4.78, 5) is 25.2. The molecule has 1 aliphatic heterocycles. The topological polar surface area (TPSA) is 136 Å². The van der Waals surface area contributed by atoms with Gasteiger partial charge in [-0.25, -0.2) is 0 Å². The van der Waals surface area contributed by atoms with Gasteiger partial charge in [-0.3, -0.25) is 9.59 Å². The standard InChI is InChI=1S/C22H33N3O4S2.H2O/c1-15(24-20(28)18(27)13-26)21(30-4)31-10-9-25(3)8-7-22(2)14-29-19-6-5-16(12-23)11-17(19)22;/h5-6,11,26H,7-10,12-14,23H2,1-4H3,(H,24,28);1H2/b21-15+;. The summed E-state index contributed by atoms with van der Waals surface area (Å²) in [6.45, 7) is 6.26. The number of thioether (sulfide) groups is 2. The number of benzene rings is 1. The van der Waals surface area contributed by atoms with Gasteiger partial charge in [-0.2, -0.15) is 0 Å². The van der Waals surface area contributed by atoms with E-state index >= 15 is 0 Å². The van der Waals surface area contributed by atoms with Crippen LogP contribution in [-0.4, -0.2) is 72.5 Å². The maximum absolute atomic E-state index is 11.7. The number of amides is 1. The molecule has 1 unspecified atom stereocenters. The Kier molecular flexibility index (Phi) is 11.8. The lowest BCUT2D eigenvalue weighted by molar-refractivity contribution is -0.139. The third-order valence-electron chi connectivity index (χ3n) is 5.42. The molecule has 2 rings (SSSR count). The molecule has 0 saturated heterocycles. The maximum atomic E-state index is 11.7. The molecule has 0 aliphatic carbocycles. The van der Waals surface area contributed by atoms with Crippen molar-refractivity contribution >= 4 is 35.2 Å². The van der Waals surface area contributed by atoms with Gasteiger partial charge in [0.2, 0.25) is 5.78 Å². The highest BCUT2D eigenvalue weighted by atomic mass is 32.2. The molecule has 1 heterocycles. The number of nitrogens with two attached hydrogens (primary N) is 1. The van der Waals surface area contributed by atoms with Gasteiger partial charge in [0.15, 0.2) is 0 Å². The summed E-state index contributed by atoms with van der Waals surface area (Å²) in [6.07, 6.45) is 2.92. The highest BCUT2D eigenvalue weighted by Gasteiger charge is 2.36. The van der Waals surface area contributed by atoms with Crippen LogP contribution in [-0.2, 0) is 21.5 Å². The summed E-state index contributed by atoms with van der Waals surface area (Å²) in [5.41, 5.74) is 8.79. The van der Waals surface area contributed by atoms with Crippen LogP contribution >= 0.6 is 23.5 Å². The third kappa shape index (κ3) is 7.50. The number of Topliss-reactive ketones (excluding diaryl/α,β-unsaturated/α-hetero) is 1. The molecule has 0 spiro atoms. The van der Waals surface area contributed by atoms with Crippen molar-refractivity contribution in [3.8, 4) is 5.75 Å². The number of fused-ring (bicyclic) bond motifs is 1. The van der Waals surface area contributed by atoms with E-state index in [4.69, 9.17) is 15.6 Å². The maximum Gasteiger partial charge on any atom is 0.294 e. The summed E-state index contributed by atoms with van der Waals surface area (Å²) in [6, 6.07) is 6.22. The van der Waals surface area contributed by atoms with Crippen molar-refractivity contribution < 1.29 is 24.9 Å². The molecule has 0 fully saturated rings. The zero-order chi connectivity index (χ0) is 23.0. The second-order valence-electron chi connectivity index (χ2n) is 7.94. The average Bonchev–Trinajstić information content (AvgIpc) is 3.10. The van der Waals surface area contributed by atoms with Crippen LogP contribution in [0.5, 0.6) is 5.75 Å². The molecule has 0 radical (unpaired) electrons. The molecule has 0 bridgehead atoms. The van der Waals surface area contributed by atoms with Gasteiger partial charge in [-0.15, -0.1) is 23.5 Å². The van der Waals surface area contributed by atoms with Crippen molar-refractivity contribution in [2.45, 2.75) is 32.2 Å². The molecule has 180 valence electrons. The normalized spacial score (nSPS) is 17.8. The number of hydrogen-bond acceptors (Lipinski definition) is 8. The molecule has 10 heteroatoms. The van der Waals surface area contributed by atoms with Gasteiger partial charge >= 0.3 is 0 Å². The van der Waals surface area contributed by atoms with Crippen molar-refractivity contribution in [3.05, 3.63) is 39.3 Å². The second kappa shape index (κ2) is 13.2. The zero-order valence-electron chi connectivity index (χ0n) is 19.2. The Morgan fingerprint density at radius 1 is 1.34 bits per heavy atom. The van der Waals surface area contributed by atoms with Crippen LogP contribution < -0.4 is 15.8 Å². The predicted molar refractivity (Wildman–Crippen MR) is 132 cm³/mol. The van der Waals surface area contributed by atoms with Gasteiger partial charge in [-0.1, -0.05) is 19.1 Å². The molecule has 1 atom stereocenters. The van der Waals surface area contributed by atoms with E-state index in [0.717, 1.165) is 40.8 Å². The number of aliphatic hydroxyl groups is 1. The molecule has 1 aliphatic rings. The predicted octanol–water partition coefficient (Wildman–Crippen LogP) is 1.26. The molecule has 32 heavy (non-hydrogen) atoms. The molecule has 0 aromatic heterocycles. The van der Waals surface area contributed by atoms with Gasteiger partial charge in [0, 0.05) is 35.5 Å². The first-order valence-corrected chi connectivity index (χ1v) is 12.4. The Morgan fingerprint density at radius 2 is 2.06 bits per heavy atom. The van der Waals surface area contributed by atoms with Gasteiger partial charge in [0.05, 0.1) is 10.8 Å². The van der Waals surface area contributed by atoms with Crippen LogP contribution in [0.15, 0.2) is 28.1 Å². The number of carbonyl (C=O) groups is 2. The highest BCUT2D eigenvalue weighted by molar-refractivity contribution is 8.22. The number of ketones is 1. The minimum absolute atomic E-state index is 0. The minimum Gasteiger partial charge on any atom is -0.492 e. The van der Waals surface area contributed by atoms with Crippen molar-refractivity contribution in [2.24, 2.45) is 5.73 Å². The molecule has 1 aromatic rings. The monoisotopic (exact) mass is 485 g/mol. The number of aliphatic hydroxyl groups excluding tert-OH is 1. The Hall–Kier alpha value is -1.56. The van der Waals surface area contributed by atoms with E-state index < -0.39 is 18.3 Å². The van der Waals surface area contributed by atoms with Crippen molar-refractivity contribution in [1.82, 2.24) is 10.2 Å². The fraction of sp³-hybridized carbons (Fsp3) is 0.545. The number of allylic oxidation sites excluding steroid dienone is 1. The Morgan fingerprint density at radius 3 is 2.69 bits per heavy atom. The van der Waals surface area contributed by atoms with Crippen molar-refractivity contribution in [2.75, 3.05) is 45.4 Å². The molecule has 0 saturated carbocycles. The summed E-state index contributed by atoms with van der Waals surface area (Å²) in [5, 5.41) is 11.3. The molecule has 1 amide bonds. The van der Waals surface area contributed by atoms with Crippen LogP contribution in [0.4, 0.5) is 0 Å². The number of carbonyl (C=O) groups excluding carboxylic acids is 2. The van der Waals surface area contributed by atoms with Crippen LogP contribution in [0.3, 0.4) is 0 Å². The van der Waals surface area contributed by atoms with E-state index in [1.807, 2.05) is 18.4 Å². The molecular weight excluding hydrogens is 450 g/mol. The summed E-state index contributed by atoms with van der Waals surface area (Å²) >= 11 is 3.17. The number of hydrogen-bond donors (Lipinski definition) is 3. The lowest BCUT2D eigenvalue weighted by Gasteiger charge is -2.26. The quantitative estimate of drug-likeness (QED) is 0.376. The number of nitrogens with zero attached hydrogens (tertiary/aromatic N) is 1. The average molecular weight is 486 g/mol. The summed E-state index contributed by atoms with van der Waals surface area (Å²) in [5.74, 6) is 0.197. The Bertz CT molecular complexity index is 834. The van der Waals surface area contributed by atoms with Crippen LogP contribution in [0, 0.1) is 0 Å². The minimum atomic E-state index is -0.839. The summed E-state index contributed by atoms with van der Waals surface area (Å²) in [7, 11) is 2.11. The van der Waals surface area contributed by atoms with Crippen LogP contribution in [0.2, 0.25) is 0 Å². The van der Waals surface area contributed by atoms with Crippen LogP contribution in [0.1, 0.15) is 31.4 Å². The number of nitrogens with one attached hydrogen (secondary N) is 1. The summed E-state index contributed by atoms with van der Waals surface area (Å²) < 4.78 is 6.86. The van der Waals surface area contributed by atoms with E-state index in [9.17, 15) is 9.59 Å². The first-order valence-electron chi connectivity index (χ1n) is 10.2. The number of rotatable bonds is 12.